The van der Waals surface area contributed by atoms with E-state index in [2.05, 4.69) is 5.32 Å². The molecule has 0 saturated heterocycles. The van der Waals surface area contributed by atoms with Crippen LogP contribution in [0.1, 0.15) is 10.4 Å². The second-order valence-electron chi connectivity index (χ2n) is 4.01. The summed E-state index contributed by atoms with van der Waals surface area (Å²) >= 11 is 5.72. The summed E-state index contributed by atoms with van der Waals surface area (Å²) in [7, 11) is 0. The molecule has 0 aromatic heterocycles. The van der Waals surface area contributed by atoms with Crippen LogP contribution in [0.5, 0.6) is 0 Å². The lowest BCUT2D eigenvalue weighted by Crippen LogP contribution is -2.15. The first-order valence-electron chi connectivity index (χ1n) is 5.59. The van der Waals surface area contributed by atoms with E-state index in [0.29, 0.717) is 17.2 Å². The van der Waals surface area contributed by atoms with E-state index in [9.17, 15) is 23.7 Å². The van der Waals surface area contributed by atoms with Gasteiger partial charge in [-0.15, -0.1) is 0 Å². The van der Waals surface area contributed by atoms with E-state index in [1.54, 1.807) is 12.1 Å². The maximum atomic E-state index is 13.8. The first-order valence-corrected chi connectivity index (χ1v) is 5.96. The van der Waals surface area contributed by atoms with Gasteiger partial charge in [0.25, 0.3) is 5.91 Å². The van der Waals surface area contributed by atoms with Gasteiger partial charge in [0.05, 0.1) is 16.6 Å². The summed E-state index contributed by atoms with van der Waals surface area (Å²) in [4.78, 5) is 21.4. The Labute approximate surface area is 122 Å². The smallest absolute Gasteiger partial charge is 0.308 e. The van der Waals surface area contributed by atoms with Crippen LogP contribution in [-0.4, -0.2) is 10.8 Å². The van der Waals surface area contributed by atoms with Crippen LogP contribution >= 0.6 is 11.6 Å². The summed E-state index contributed by atoms with van der Waals surface area (Å²) in [5.74, 6) is -3.50. The maximum Gasteiger partial charge on any atom is 0.308 e. The van der Waals surface area contributed by atoms with Crippen molar-refractivity contribution in [2.45, 2.75) is 0 Å². The summed E-state index contributed by atoms with van der Waals surface area (Å²) in [6.45, 7) is 0. The number of benzene rings is 2. The number of hydrogen-bond acceptors (Lipinski definition) is 3. The van der Waals surface area contributed by atoms with Crippen LogP contribution < -0.4 is 5.32 Å². The summed E-state index contributed by atoms with van der Waals surface area (Å²) in [6, 6.07) is 6.97. The molecule has 0 unspecified atom stereocenters. The van der Waals surface area contributed by atoms with Gasteiger partial charge in [-0.2, -0.15) is 4.39 Å². The van der Waals surface area contributed by atoms with E-state index in [0.717, 1.165) is 0 Å². The van der Waals surface area contributed by atoms with Crippen molar-refractivity contribution in [3.05, 3.63) is 68.7 Å². The van der Waals surface area contributed by atoms with Crippen molar-refractivity contribution in [3.8, 4) is 0 Å². The van der Waals surface area contributed by atoms with Crippen molar-refractivity contribution < 1.29 is 18.5 Å². The molecule has 1 N–H and O–H groups in total. The van der Waals surface area contributed by atoms with Gasteiger partial charge in [0.15, 0.2) is 0 Å². The zero-order chi connectivity index (χ0) is 15.6. The molecule has 108 valence electrons. The molecule has 0 spiro atoms. The van der Waals surface area contributed by atoms with Crippen molar-refractivity contribution in [1.29, 1.82) is 0 Å². The highest BCUT2D eigenvalue weighted by molar-refractivity contribution is 6.30. The second kappa shape index (κ2) is 5.84. The van der Waals surface area contributed by atoms with Crippen LogP contribution in [0.4, 0.5) is 20.2 Å². The number of rotatable bonds is 3. The van der Waals surface area contributed by atoms with Crippen LogP contribution in [0.3, 0.4) is 0 Å². The number of amides is 1. The standard InChI is InChI=1S/C13H7ClF2N2O3/c14-7-2-1-3-9(4-7)17-13(19)10-5-8(15)6-11(12(10)16)18(20)21/h1-6H,(H,17,19). The number of halogens is 3. The quantitative estimate of drug-likeness (QED) is 0.692. The molecule has 0 aliphatic heterocycles. The first kappa shape index (κ1) is 14.9. The lowest BCUT2D eigenvalue weighted by molar-refractivity contribution is -0.387. The Hall–Kier alpha value is -2.54. The van der Waals surface area contributed by atoms with Gasteiger partial charge in [0.2, 0.25) is 5.82 Å². The molecule has 0 bridgehead atoms. The summed E-state index contributed by atoms with van der Waals surface area (Å²) < 4.78 is 27.1. The minimum atomic E-state index is -1.40. The maximum absolute atomic E-state index is 13.8. The Balaban J connectivity index is 2.37. The molecule has 0 aliphatic rings. The molecule has 0 saturated carbocycles. The highest BCUT2D eigenvalue weighted by Gasteiger charge is 2.24. The Morgan fingerprint density at radius 1 is 1.24 bits per heavy atom. The number of nitrogens with one attached hydrogen (secondary N) is 1. The third-order valence-corrected chi connectivity index (χ3v) is 2.78. The molecule has 21 heavy (non-hydrogen) atoms. The lowest BCUT2D eigenvalue weighted by Gasteiger charge is -2.07. The normalized spacial score (nSPS) is 10.2. The molecule has 1 amide bonds. The monoisotopic (exact) mass is 312 g/mol. The number of nitrogens with zero attached hydrogens (tertiary/aromatic N) is 1. The molecular formula is C13H7ClF2N2O3. The second-order valence-corrected chi connectivity index (χ2v) is 4.44. The summed E-state index contributed by atoms with van der Waals surface area (Å²) in [5, 5.41) is 13.2. The Morgan fingerprint density at radius 3 is 2.57 bits per heavy atom. The average molecular weight is 313 g/mol. The molecular weight excluding hydrogens is 306 g/mol. The predicted molar refractivity (Wildman–Crippen MR) is 72.4 cm³/mol. The van der Waals surface area contributed by atoms with Crippen LogP contribution in [0.15, 0.2) is 36.4 Å². The number of nitro benzene ring substituents is 1. The molecule has 0 radical (unpaired) electrons. The number of hydrogen-bond donors (Lipinski definition) is 1. The molecule has 8 heteroatoms. The number of carbonyl (C=O) groups excluding carboxylic acids is 1. The molecule has 0 heterocycles. The van der Waals surface area contributed by atoms with E-state index in [1.807, 2.05) is 0 Å². The van der Waals surface area contributed by atoms with Crippen LogP contribution in [0.2, 0.25) is 5.02 Å². The van der Waals surface area contributed by atoms with Gasteiger partial charge in [-0.1, -0.05) is 17.7 Å². The van der Waals surface area contributed by atoms with Gasteiger partial charge in [-0.3, -0.25) is 14.9 Å². The van der Waals surface area contributed by atoms with Gasteiger partial charge >= 0.3 is 5.69 Å². The highest BCUT2D eigenvalue weighted by Crippen LogP contribution is 2.23. The van der Waals surface area contributed by atoms with E-state index < -0.39 is 33.7 Å². The van der Waals surface area contributed by atoms with E-state index >= 15 is 0 Å². The minimum Gasteiger partial charge on any atom is -0.322 e. The number of anilines is 1. The Kier molecular flexibility index (Phi) is 4.13. The van der Waals surface area contributed by atoms with Crippen molar-refractivity contribution in [2.24, 2.45) is 0 Å². The van der Waals surface area contributed by atoms with Gasteiger partial charge < -0.3 is 5.32 Å². The van der Waals surface area contributed by atoms with Crippen LogP contribution in [0, 0.1) is 21.7 Å². The minimum absolute atomic E-state index is 0.249. The molecule has 2 rings (SSSR count). The zero-order valence-corrected chi connectivity index (χ0v) is 11.0. The third-order valence-electron chi connectivity index (χ3n) is 2.54. The third kappa shape index (κ3) is 3.32. The lowest BCUT2D eigenvalue weighted by atomic mass is 10.1. The fourth-order valence-corrected chi connectivity index (χ4v) is 1.83. The highest BCUT2D eigenvalue weighted by atomic mass is 35.5. The van der Waals surface area contributed by atoms with Crippen molar-refractivity contribution in [3.63, 3.8) is 0 Å². The van der Waals surface area contributed by atoms with Crippen molar-refractivity contribution in [1.82, 2.24) is 0 Å². The van der Waals surface area contributed by atoms with Gasteiger partial charge in [-0.25, -0.2) is 4.39 Å². The molecule has 2 aromatic rings. The molecule has 0 atom stereocenters. The molecule has 0 fully saturated rings. The van der Waals surface area contributed by atoms with Gasteiger partial charge in [0.1, 0.15) is 5.82 Å². The summed E-state index contributed by atoms with van der Waals surface area (Å²) in [5.41, 5.74) is -1.62. The fraction of sp³-hybridized carbons (Fsp3) is 0. The molecule has 0 aliphatic carbocycles. The van der Waals surface area contributed by atoms with E-state index in [-0.39, 0.29) is 5.69 Å². The average Bonchev–Trinajstić information content (AvgIpc) is 2.40. The summed E-state index contributed by atoms with van der Waals surface area (Å²) in [6.07, 6.45) is 0. The van der Waals surface area contributed by atoms with Gasteiger partial charge in [0, 0.05) is 10.7 Å². The molecule has 5 nitrogen and oxygen atoms in total. The topological polar surface area (TPSA) is 72.2 Å². The number of carbonyl (C=O) groups is 1. The molecule has 2 aromatic carbocycles. The van der Waals surface area contributed by atoms with Crippen molar-refractivity contribution in [2.75, 3.05) is 5.32 Å². The van der Waals surface area contributed by atoms with Crippen molar-refractivity contribution >= 4 is 28.9 Å². The largest absolute Gasteiger partial charge is 0.322 e. The van der Waals surface area contributed by atoms with Crippen LogP contribution in [-0.2, 0) is 0 Å². The zero-order valence-electron chi connectivity index (χ0n) is 10.3. The SMILES string of the molecule is O=C(Nc1cccc(Cl)c1)c1cc(F)cc([N+](=O)[O-])c1F. The predicted octanol–water partition coefficient (Wildman–Crippen LogP) is 3.78. The van der Waals surface area contributed by atoms with E-state index in [1.165, 1.54) is 12.1 Å². The van der Waals surface area contributed by atoms with Gasteiger partial charge in [-0.05, 0) is 24.3 Å². The Morgan fingerprint density at radius 2 is 1.95 bits per heavy atom. The number of nitro groups is 1. The first-order chi connectivity index (χ1) is 9.88. The van der Waals surface area contributed by atoms with Crippen LogP contribution in [0.25, 0.3) is 0 Å². The fourth-order valence-electron chi connectivity index (χ4n) is 1.64. The Bertz CT molecular complexity index is 737. The van der Waals surface area contributed by atoms with E-state index in [4.69, 9.17) is 11.6 Å².